The van der Waals surface area contributed by atoms with Gasteiger partial charge in [0.25, 0.3) is 0 Å². The summed E-state index contributed by atoms with van der Waals surface area (Å²) in [4.78, 5) is 4.04. The molecule has 2 aliphatic carbocycles. The molecule has 2 saturated carbocycles. The van der Waals surface area contributed by atoms with Crippen LogP contribution in [-0.4, -0.2) is 19.4 Å². The molecule has 0 spiro atoms. The van der Waals surface area contributed by atoms with Gasteiger partial charge in [-0.3, -0.25) is 0 Å². The van der Waals surface area contributed by atoms with E-state index in [-0.39, 0.29) is 16.8 Å². The van der Waals surface area contributed by atoms with Crippen LogP contribution < -0.4 is 16.0 Å². The summed E-state index contributed by atoms with van der Waals surface area (Å²) in [5, 5.41) is 0. The number of nitrogens with zero attached hydrogens (tertiary/aromatic N) is 1. The summed E-state index contributed by atoms with van der Waals surface area (Å²) >= 11 is 0. The zero-order valence-corrected chi connectivity index (χ0v) is 11.4. The highest BCUT2D eigenvalue weighted by atomic mass is 32.2. The first-order chi connectivity index (χ1) is 9.10. The van der Waals surface area contributed by atoms with Crippen molar-refractivity contribution in [1.29, 1.82) is 0 Å². The van der Waals surface area contributed by atoms with E-state index in [1.807, 2.05) is 0 Å². The number of nitrogens with one attached hydrogen (secondary N) is 2. The summed E-state index contributed by atoms with van der Waals surface area (Å²) in [7, 11) is -3.56. The third-order valence-electron chi connectivity index (χ3n) is 4.24. The standard InChI is InChI=1S/C12H18N4O2S/c13-15-12-11(2-1-5-14-12)19(17,18)16-10-7-8-3-4-9(10)6-8/h1-2,5,8-10,16H,3-4,6-7,13H2,(H,14,15). The van der Waals surface area contributed by atoms with Crippen molar-refractivity contribution in [2.75, 3.05) is 5.43 Å². The molecule has 19 heavy (non-hydrogen) atoms. The maximum absolute atomic E-state index is 12.4. The second-order valence-electron chi connectivity index (χ2n) is 5.40. The lowest BCUT2D eigenvalue weighted by Gasteiger charge is -2.23. The van der Waals surface area contributed by atoms with Gasteiger partial charge in [0.2, 0.25) is 10.0 Å². The van der Waals surface area contributed by atoms with Crippen LogP contribution in [0.15, 0.2) is 23.2 Å². The van der Waals surface area contributed by atoms with Crippen LogP contribution in [0.1, 0.15) is 25.7 Å². The summed E-state index contributed by atoms with van der Waals surface area (Å²) in [6.07, 6.45) is 5.99. The number of fused-ring (bicyclic) bond motifs is 2. The molecule has 1 aromatic rings. The monoisotopic (exact) mass is 282 g/mol. The molecule has 1 heterocycles. The van der Waals surface area contributed by atoms with Crippen molar-refractivity contribution in [3.05, 3.63) is 18.3 Å². The van der Waals surface area contributed by atoms with Crippen LogP contribution in [0.25, 0.3) is 0 Å². The van der Waals surface area contributed by atoms with Gasteiger partial charge in [0, 0.05) is 12.2 Å². The first kappa shape index (κ1) is 12.8. The Morgan fingerprint density at radius 1 is 1.32 bits per heavy atom. The lowest BCUT2D eigenvalue weighted by atomic mass is 9.96. The van der Waals surface area contributed by atoms with Gasteiger partial charge >= 0.3 is 0 Å². The number of nitrogen functional groups attached to an aromatic ring is 1. The van der Waals surface area contributed by atoms with Gasteiger partial charge < -0.3 is 5.43 Å². The van der Waals surface area contributed by atoms with Crippen LogP contribution in [0.3, 0.4) is 0 Å². The lowest BCUT2D eigenvalue weighted by molar-refractivity contribution is 0.390. The van der Waals surface area contributed by atoms with Gasteiger partial charge in [0.15, 0.2) is 5.82 Å². The van der Waals surface area contributed by atoms with Crippen molar-refractivity contribution in [2.24, 2.45) is 17.7 Å². The molecule has 4 N–H and O–H groups in total. The van der Waals surface area contributed by atoms with Gasteiger partial charge in [-0.2, -0.15) is 0 Å². The smallest absolute Gasteiger partial charge is 0.244 e. The largest absolute Gasteiger partial charge is 0.307 e. The van der Waals surface area contributed by atoms with Gasteiger partial charge in [-0.1, -0.05) is 6.42 Å². The quantitative estimate of drug-likeness (QED) is 0.561. The zero-order chi connectivity index (χ0) is 13.5. The number of rotatable bonds is 4. The second kappa shape index (κ2) is 4.73. The number of nitrogens with two attached hydrogens (primary N) is 1. The summed E-state index contributed by atoms with van der Waals surface area (Å²) in [5.74, 6) is 6.67. The van der Waals surface area contributed by atoms with E-state index < -0.39 is 10.0 Å². The second-order valence-corrected chi connectivity index (χ2v) is 7.08. The lowest BCUT2D eigenvalue weighted by Crippen LogP contribution is -2.38. The van der Waals surface area contributed by atoms with E-state index in [0.29, 0.717) is 11.8 Å². The van der Waals surface area contributed by atoms with Crippen molar-refractivity contribution in [3.63, 3.8) is 0 Å². The molecule has 2 aliphatic rings. The average molecular weight is 282 g/mol. The fraction of sp³-hybridized carbons (Fsp3) is 0.583. The van der Waals surface area contributed by atoms with Crippen LogP contribution in [0, 0.1) is 11.8 Å². The maximum atomic E-state index is 12.4. The van der Waals surface area contributed by atoms with Crippen molar-refractivity contribution in [1.82, 2.24) is 9.71 Å². The predicted octanol–water partition coefficient (Wildman–Crippen LogP) is 0.834. The van der Waals surface area contributed by atoms with Crippen molar-refractivity contribution in [3.8, 4) is 0 Å². The maximum Gasteiger partial charge on any atom is 0.244 e. The van der Waals surface area contributed by atoms with Crippen molar-refractivity contribution in [2.45, 2.75) is 36.6 Å². The van der Waals surface area contributed by atoms with Crippen LogP contribution in [0.5, 0.6) is 0 Å². The van der Waals surface area contributed by atoms with Gasteiger partial charge in [-0.25, -0.2) is 24.0 Å². The molecule has 0 saturated heterocycles. The third-order valence-corrected chi connectivity index (χ3v) is 5.76. The number of hydrogen-bond acceptors (Lipinski definition) is 5. The molecular formula is C12H18N4O2S. The fourth-order valence-electron chi connectivity index (χ4n) is 3.37. The fourth-order valence-corrected chi connectivity index (χ4v) is 4.81. The van der Waals surface area contributed by atoms with Gasteiger partial charge in [-0.15, -0.1) is 0 Å². The first-order valence-corrected chi connectivity index (χ1v) is 8.02. The van der Waals surface area contributed by atoms with E-state index in [0.717, 1.165) is 19.3 Å². The molecular weight excluding hydrogens is 264 g/mol. The summed E-state index contributed by atoms with van der Waals surface area (Å²) < 4.78 is 27.6. The molecule has 104 valence electrons. The molecule has 2 fully saturated rings. The minimum absolute atomic E-state index is 0.0644. The Hall–Kier alpha value is -1.18. The van der Waals surface area contributed by atoms with E-state index in [1.165, 1.54) is 18.7 Å². The van der Waals surface area contributed by atoms with Gasteiger partial charge in [0.1, 0.15) is 4.90 Å². The third kappa shape index (κ3) is 2.33. The number of pyridine rings is 1. The van der Waals surface area contributed by atoms with Crippen molar-refractivity contribution < 1.29 is 8.42 Å². The molecule has 3 rings (SSSR count). The number of hydrazine groups is 1. The van der Waals surface area contributed by atoms with E-state index in [4.69, 9.17) is 5.84 Å². The highest BCUT2D eigenvalue weighted by Crippen LogP contribution is 2.44. The SMILES string of the molecule is NNc1ncccc1S(=O)(=O)NC1CC2CCC1C2. The minimum Gasteiger partial charge on any atom is -0.307 e. The highest BCUT2D eigenvalue weighted by molar-refractivity contribution is 7.89. The molecule has 2 bridgehead atoms. The van der Waals surface area contributed by atoms with Gasteiger partial charge in [0.05, 0.1) is 0 Å². The zero-order valence-electron chi connectivity index (χ0n) is 10.5. The Kier molecular flexibility index (Phi) is 3.20. The molecule has 0 aromatic carbocycles. The van der Waals surface area contributed by atoms with Crippen LogP contribution >= 0.6 is 0 Å². The molecule has 0 radical (unpaired) electrons. The Morgan fingerprint density at radius 2 is 2.16 bits per heavy atom. The summed E-state index contributed by atoms with van der Waals surface area (Å²) in [6.45, 7) is 0. The molecule has 0 amide bonds. The molecule has 1 aromatic heterocycles. The molecule has 3 atom stereocenters. The Labute approximate surface area is 112 Å². The van der Waals surface area contributed by atoms with E-state index in [9.17, 15) is 8.42 Å². The predicted molar refractivity (Wildman–Crippen MR) is 71.6 cm³/mol. The van der Waals surface area contributed by atoms with Gasteiger partial charge in [-0.05, 0) is 43.2 Å². The number of hydrogen-bond donors (Lipinski definition) is 3. The molecule has 3 unspecified atom stereocenters. The Balaban J connectivity index is 1.83. The minimum atomic E-state index is -3.56. The Morgan fingerprint density at radius 3 is 2.79 bits per heavy atom. The normalized spacial score (nSPS) is 29.6. The summed E-state index contributed by atoms with van der Waals surface area (Å²) in [5.41, 5.74) is 2.33. The van der Waals surface area contributed by atoms with E-state index in [2.05, 4.69) is 15.1 Å². The topological polar surface area (TPSA) is 97.1 Å². The number of aromatic nitrogens is 1. The number of sulfonamides is 1. The first-order valence-electron chi connectivity index (χ1n) is 6.54. The summed E-state index contributed by atoms with van der Waals surface area (Å²) in [6, 6.07) is 3.17. The number of anilines is 1. The van der Waals surface area contributed by atoms with E-state index >= 15 is 0 Å². The van der Waals surface area contributed by atoms with Crippen LogP contribution in [-0.2, 0) is 10.0 Å². The molecule has 0 aliphatic heterocycles. The van der Waals surface area contributed by atoms with Crippen LogP contribution in [0.4, 0.5) is 5.82 Å². The highest BCUT2D eigenvalue weighted by Gasteiger charge is 2.41. The Bertz CT molecular complexity index is 575. The molecule has 7 heteroatoms. The van der Waals surface area contributed by atoms with E-state index in [1.54, 1.807) is 6.07 Å². The molecule has 6 nitrogen and oxygen atoms in total. The van der Waals surface area contributed by atoms with Crippen LogP contribution in [0.2, 0.25) is 0 Å². The average Bonchev–Trinajstić information content (AvgIpc) is 3.00. The van der Waals surface area contributed by atoms with Crippen molar-refractivity contribution >= 4 is 15.8 Å².